The van der Waals surface area contributed by atoms with Gasteiger partial charge in [0.1, 0.15) is 0 Å². The zero-order valence-electron chi connectivity index (χ0n) is 10.8. The highest BCUT2D eigenvalue weighted by Gasteiger charge is 2.38. The highest BCUT2D eigenvalue weighted by Crippen LogP contribution is 2.39. The van der Waals surface area contributed by atoms with E-state index in [1.54, 1.807) is 12.4 Å². The van der Waals surface area contributed by atoms with Gasteiger partial charge in [-0.3, -0.25) is 9.78 Å². The Balaban J connectivity index is 2.59. The number of ketones is 1. The molecule has 1 N–H and O–H groups in total. The van der Waals surface area contributed by atoms with Gasteiger partial charge >= 0.3 is 0 Å². The van der Waals surface area contributed by atoms with Crippen LogP contribution in [0.5, 0.6) is 0 Å². The Labute approximate surface area is 117 Å². The number of nitriles is 1. The summed E-state index contributed by atoms with van der Waals surface area (Å²) in [6, 6.07) is 5.96. The average Bonchev–Trinajstić information content (AvgIpc) is 2.38. The Bertz CT molecular complexity index is 562. The van der Waals surface area contributed by atoms with Crippen molar-refractivity contribution in [1.29, 1.82) is 5.26 Å². The third-order valence-electron chi connectivity index (χ3n) is 3.35. The van der Waals surface area contributed by atoms with E-state index in [1.165, 1.54) is 6.92 Å². The first-order valence-corrected chi connectivity index (χ1v) is 6.53. The molecule has 0 radical (unpaired) electrons. The number of nitrogens with zero attached hydrogens (tertiary/aromatic N) is 2. The fraction of sp³-hybridized carbons (Fsp3) is 0.357. The molecule has 0 aliphatic carbocycles. The minimum atomic E-state index is -0.407. The Morgan fingerprint density at radius 2 is 2.32 bits per heavy atom. The van der Waals surface area contributed by atoms with Gasteiger partial charge in [0.2, 0.25) is 0 Å². The topological polar surface area (TPSA) is 65.8 Å². The van der Waals surface area contributed by atoms with Crippen molar-refractivity contribution in [3.8, 4) is 6.07 Å². The minimum Gasteiger partial charge on any atom is -0.375 e. The van der Waals surface area contributed by atoms with Crippen LogP contribution < -0.4 is 5.32 Å². The second-order valence-electron chi connectivity index (χ2n) is 4.60. The van der Waals surface area contributed by atoms with Crippen LogP contribution in [0.25, 0.3) is 0 Å². The summed E-state index contributed by atoms with van der Waals surface area (Å²) in [6.45, 7) is 3.37. The van der Waals surface area contributed by atoms with Crippen LogP contribution in [0.2, 0.25) is 0 Å². The van der Waals surface area contributed by atoms with Crippen molar-refractivity contribution in [2.75, 3.05) is 0 Å². The first-order valence-electron chi connectivity index (χ1n) is 6.02. The summed E-state index contributed by atoms with van der Waals surface area (Å²) in [5.74, 6) is -0.714. The molecule has 1 aliphatic heterocycles. The summed E-state index contributed by atoms with van der Waals surface area (Å²) in [5, 5.41) is 12.2. The third kappa shape index (κ3) is 2.49. The maximum Gasteiger partial charge on any atom is 0.158 e. The van der Waals surface area contributed by atoms with Crippen LogP contribution >= 0.6 is 12.6 Å². The molecule has 1 aliphatic rings. The van der Waals surface area contributed by atoms with Crippen molar-refractivity contribution in [1.82, 2.24) is 10.3 Å². The molecule has 0 spiro atoms. The van der Waals surface area contributed by atoms with Crippen molar-refractivity contribution in [3.63, 3.8) is 0 Å². The largest absolute Gasteiger partial charge is 0.375 e. The van der Waals surface area contributed by atoms with E-state index in [0.29, 0.717) is 5.57 Å². The van der Waals surface area contributed by atoms with Crippen LogP contribution in [0.15, 0.2) is 35.8 Å². The highest BCUT2D eigenvalue weighted by atomic mass is 32.1. The molecule has 0 unspecified atom stereocenters. The van der Waals surface area contributed by atoms with Gasteiger partial charge in [-0.15, -0.1) is 0 Å². The number of aromatic nitrogens is 1. The first-order chi connectivity index (χ1) is 9.06. The summed E-state index contributed by atoms with van der Waals surface area (Å²) < 4.78 is 0. The van der Waals surface area contributed by atoms with Crippen LogP contribution in [-0.4, -0.2) is 16.1 Å². The molecule has 4 nitrogen and oxygen atoms in total. The van der Waals surface area contributed by atoms with Crippen LogP contribution in [0.1, 0.15) is 25.3 Å². The molecular weight excluding hydrogens is 258 g/mol. The van der Waals surface area contributed by atoms with Gasteiger partial charge in [-0.2, -0.15) is 17.9 Å². The predicted molar refractivity (Wildman–Crippen MR) is 75.4 cm³/mol. The minimum absolute atomic E-state index is 0.0284. The number of hydrogen-bond acceptors (Lipinski definition) is 5. The molecule has 0 amide bonds. The Morgan fingerprint density at radius 3 is 2.84 bits per heavy atom. The molecule has 2 rings (SSSR count). The van der Waals surface area contributed by atoms with Crippen molar-refractivity contribution in [3.05, 3.63) is 41.4 Å². The van der Waals surface area contributed by atoms with Gasteiger partial charge in [-0.05, 0) is 25.5 Å². The summed E-state index contributed by atoms with van der Waals surface area (Å²) in [4.78, 5) is 16.0. The lowest BCUT2D eigenvalue weighted by molar-refractivity contribution is -0.114. The molecule has 5 heteroatoms. The number of allylic oxidation sites excluding steroid dienone is 2. The van der Waals surface area contributed by atoms with Crippen molar-refractivity contribution >= 4 is 18.4 Å². The van der Waals surface area contributed by atoms with Gasteiger partial charge in [-0.25, -0.2) is 0 Å². The van der Waals surface area contributed by atoms with E-state index >= 15 is 0 Å². The summed E-state index contributed by atoms with van der Waals surface area (Å²) in [7, 11) is 0. The molecular formula is C14H15N3OS. The normalized spacial score (nSPS) is 26.5. The summed E-state index contributed by atoms with van der Waals surface area (Å²) >= 11 is 4.41. The number of thiol groups is 1. The molecule has 0 aromatic carbocycles. The van der Waals surface area contributed by atoms with E-state index in [2.05, 4.69) is 29.0 Å². The van der Waals surface area contributed by atoms with Gasteiger partial charge in [0.25, 0.3) is 0 Å². The zero-order chi connectivity index (χ0) is 14.0. The van der Waals surface area contributed by atoms with Gasteiger partial charge in [0.15, 0.2) is 5.78 Å². The van der Waals surface area contributed by atoms with Crippen LogP contribution in [0, 0.1) is 17.2 Å². The highest BCUT2D eigenvalue weighted by molar-refractivity contribution is 7.80. The molecule has 0 saturated carbocycles. The molecule has 0 saturated heterocycles. The van der Waals surface area contributed by atoms with Gasteiger partial charge in [-0.1, -0.05) is 6.07 Å². The Hall–Kier alpha value is -1.80. The molecule has 3 atom stereocenters. The van der Waals surface area contributed by atoms with Crippen molar-refractivity contribution in [2.45, 2.75) is 25.1 Å². The van der Waals surface area contributed by atoms with E-state index < -0.39 is 5.92 Å². The van der Waals surface area contributed by atoms with Crippen LogP contribution in [-0.2, 0) is 4.79 Å². The van der Waals surface area contributed by atoms with Crippen LogP contribution in [0.4, 0.5) is 0 Å². The Kier molecular flexibility index (Phi) is 3.91. The molecule has 0 bridgehead atoms. The van der Waals surface area contributed by atoms with E-state index in [0.717, 1.165) is 11.3 Å². The molecule has 1 aromatic heterocycles. The lowest BCUT2D eigenvalue weighted by Gasteiger charge is -2.35. The first kappa shape index (κ1) is 13.6. The summed E-state index contributed by atoms with van der Waals surface area (Å²) in [5.41, 5.74) is 2.30. The van der Waals surface area contributed by atoms with Gasteiger partial charge < -0.3 is 5.32 Å². The molecule has 0 fully saturated rings. The van der Waals surface area contributed by atoms with Crippen molar-refractivity contribution < 1.29 is 4.79 Å². The second kappa shape index (κ2) is 5.45. The van der Waals surface area contributed by atoms with Crippen LogP contribution in [0.3, 0.4) is 0 Å². The van der Waals surface area contributed by atoms with E-state index in [9.17, 15) is 10.1 Å². The van der Waals surface area contributed by atoms with E-state index in [4.69, 9.17) is 0 Å². The second-order valence-corrected chi connectivity index (χ2v) is 5.16. The number of pyridine rings is 1. The van der Waals surface area contributed by atoms with Crippen molar-refractivity contribution in [2.24, 2.45) is 5.92 Å². The molecule has 2 heterocycles. The fourth-order valence-corrected chi connectivity index (χ4v) is 2.98. The van der Waals surface area contributed by atoms with Gasteiger partial charge in [0.05, 0.1) is 17.4 Å². The average molecular weight is 273 g/mol. The van der Waals surface area contributed by atoms with E-state index in [1.807, 2.05) is 19.1 Å². The standard InChI is InChI=1S/C14H15N3OS/c1-8-12(9(2)18)13(10-4-3-5-16-7-10)11(6-15)14(19)17-8/h3-5,7,11,13-14,17,19H,1-2H3/t11-,13-,14+/m1/s1. The summed E-state index contributed by atoms with van der Waals surface area (Å²) in [6.07, 6.45) is 3.38. The monoisotopic (exact) mass is 273 g/mol. The Morgan fingerprint density at radius 1 is 1.58 bits per heavy atom. The predicted octanol–water partition coefficient (Wildman–Crippen LogP) is 2.03. The fourth-order valence-electron chi connectivity index (χ4n) is 2.55. The number of rotatable bonds is 2. The van der Waals surface area contributed by atoms with Gasteiger partial charge in [0, 0.05) is 29.6 Å². The van der Waals surface area contributed by atoms with E-state index in [-0.39, 0.29) is 17.1 Å². The SMILES string of the molecule is CC(=O)C1=C(C)N[C@@H](S)[C@H](C#N)[C@H]1c1cccnc1. The quantitative estimate of drug-likeness (QED) is 0.809. The molecule has 1 aromatic rings. The maximum atomic E-state index is 11.9. The number of Topliss-reactive ketones (excluding diaryl/α,β-unsaturated/α-hetero) is 1. The molecule has 98 valence electrons. The third-order valence-corrected chi connectivity index (χ3v) is 3.80. The number of carbonyl (C=O) groups excluding carboxylic acids is 1. The zero-order valence-corrected chi connectivity index (χ0v) is 11.7. The smallest absolute Gasteiger partial charge is 0.158 e. The maximum absolute atomic E-state index is 11.9. The lowest BCUT2D eigenvalue weighted by Crippen LogP contribution is -2.41. The molecule has 19 heavy (non-hydrogen) atoms. The number of nitrogens with one attached hydrogen (secondary N) is 1. The number of hydrogen-bond donors (Lipinski definition) is 2. The lowest BCUT2D eigenvalue weighted by atomic mass is 9.77. The number of carbonyl (C=O) groups is 1.